The molecule has 2 aromatic rings. The van der Waals surface area contributed by atoms with Crippen molar-refractivity contribution in [3.05, 3.63) is 36.4 Å². The number of rotatable bonds is 4. The molecule has 8 nitrogen and oxygen atoms in total. The van der Waals surface area contributed by atoms with Crippen molar-refractivity contribution in [1.82, 2.24) is 0 Å². The van der Waals surface area contributed by atoms with Gasteiger partial charge in [0.25, 0.3) is 5.91 Å². The van der Waals surface area contributed by atoms with Gasteiger partial charge in [-0.05, 0) is 30.3 Å². The Balaban J connectivity index is 2.20. The van der Waals surface area contributed by atoms with Gasteiger partial charge < -0.3 is 21.3 Å². The summed E-state index contributed by atoms with van der Waals surface area (Å²) in [4.78, 5) is 23.4. The molecule has 1 aliphatic heterocycles. The van der Waals surface area contributed by atoms with Gasteiger partial charge in [-0.3, -0.25) is 4.79 Å². The SMILES string of the molecule is COc1ccc(N)cc1-c1ccc(N)cc1N1N=C(C(=O)O)CC1=O. The lowest BCUT2D eigenvalue weighted by Gasteiger charge is -2.19. The highest BCUT2D eigenvalue weighted by Gasteiger charge is 2.31. The smallest absolute Gasteiger partial charge is 0.352 e. The van der Waals surface area contributed by atoms with Crippen LogP contribution in [0.2, 0.25) is 0 Å². The highest BCUT2D eigenvalue weighted by molar-refractivity contribution is 6.42. The average molecular weight is 340 g/mol. The second-order valence-corrected chi connectivity index (χ2v) is 5.47. The van der Waals surface area contributed by atoms with Crippen LogP contribution in [0.3, 0.4) is 0 Å². The van der Waals surface area contributed by atoms with Gasteiger partial charge in [-0.1, -0.05) is 6.07 Å². The number of nitrogens with zero attached hydrogens (tertiary/aromatic N) is 2. The summed E-state index contributed by atoms with van der Waals surface area (Å²) in [7, 11) is 1.52. The fourth-order valence-electron chi connectivity index (χ4n) is 2.62. The largest absolute Gasteiger partial charge is 0.496 e. The number of nitrogens with two attached hydrogens (primary N) is 2. The van der Waals surface area contributed by atoms with E-state index in [1.54, 1.807) is 36.4 Å². The monoisotopic (exact) mass is 340 g/mol. The number of nitrogen functional groups attached to an aromatic ring is 2. The van der Waals surface area contributed by atoms with Crippen LogP contribution in [0.4, 0.5) is 17.1 Å². The van der Waals surface area contributed by atoms with Crippen molar-refractivity contribution in [3.8, 4) is 16.9 Å². The second kappa shape index (κ2) is 6.16. The molecule has 2 aromatic carbocycles. The number of methoxy groups -OCH3 is 1. The number of anilines is 3. The second-order valence-electron chi connectivity index (χ2n) is 5.47. The predicted octanol–water partition coefficient (Wildman–Crippen LogP) is 1.70. The zero-order chi connectivity index (χ0) is 18.1. The Bertz CT molecular complexity index is 908. The maximum Gasteiger partial charge on any atom is 0.352 e. The third kappa shape index (κ3) is 2.97. The number of carboxylic acids is 1. The number of carbonyl (C=O) groups excluding carboxylic acids is 1. The van der Waals surface area contributed by atoms with Crippen molar-refractivity contribution < 1.29 is 19.4 Å². The summed E-state index contributed by atoms with van der Waals surface area (Å²) in [5, 5.41) is 14.1. The molecule has 128 valence electrons. The van der Waals surface area contributed by atoms with Crippen LogP contribution in [0.1, 0.15) is 6.42 Å². The van der Waals surface area contributed by atoms with E-state index >= 15 is 0 Å². The number of benzene rings is 2. The molecular formula is C17H16N4O4. The van der Waals surface area contributed by atoms with Gasteiger partial charge in [0.2, 0.25) is 0 Å². The number of amides is 1. The molecular weight excluding hydrogens is 324 g/mol. The summed E-state index contributed by atoms with van der Waals surface area (Å²) in [6.45, 7) is 0. The van der Waals surface area contributed by atoms with Crippen molar-refractivity contribution >= 4 is 34.7 Å². The van der Waals surface area contributed by atoms with Crippen LogP contribution >= 0.6 is 0 Å². The maximum absolute atomic E-state index is 12.3. The molecule has 0 unspecified atom stereocenters. The van der Waals surface area contributed by atoms with E-state index < -0.39 is 11.9 Å². The molecule has 0 aliphatic carbocycles. The fourth-order valence-corrected chi connectivity index (χ4v) is 2.62. The van der Waals surface area contributed by atoms with Crippen LogP contribution in [-0.2, 0) is 9.59 Å². The molecule has 1 heterocycles. The molecule has 0 saturated heterocycles. The van der Waals surface area contributed by atoms with Gasteiger partial charge in [-0.25, -0.2) is 4.79 Å². The molecule has 1 aliphatic rings. The van der Waals surface area contributed by atoms with Crippen LogP contribution in [0.15, 0.2) is 41.5 Å². The maximum atomic E-state index is 12.3. The third-order valence-electron chi connectivity index (χ3n) is 3.79. The van der Waals surface area contributed by atoms with Gasteiger partial charge in [0, 0.05) is 22.5 Å². The first kappa shape index (κ1) is 16.3. The van der Waals surface area contributed by atoms with Gasteiger partial charge in [0.1, 0.15) is 5.75 Å². The topological polar surface area (TPSA) is 131 Å². The van der Waals surface area contributed by atoms with Crippen LogP contribution in [-0.4, -0.2) is 29.8 Å². The van der Waals surface area contributed by atoms with Crippen molar-refractivity contribution in [2.24, 2.45) is 5.10 Å². The van der Waals surface area contributed by atoms with Gasteiger partial charge in [-0.2, -0.15) is 10.1 Å². The van der Waals surface area contributed by atoms with Gasteiger partial charge >= 0.3 is 5.97 Å². The van der Waals surface area contributed by atoms with Gasteiger partial charge in [0.05, 0.1) is 19.2 Å². The quantitative estimate of drug-likeness (QED) is 0.726. The fraction of sp³-hybridized carbons (Fsp3) is 0.118. The number of hydrazone groups is 1. The highest BCUT2D eigenvalue weighted by Crippen LogP contribution is 2.40. The van der Waals surface area contributed by atoms with E-state index in [-0.39, 0.29) is 12.1 Å². The number of hydrogen-bond donors (Lipinski definition) is 3. The molecule has 1 amide bonds. The van der Waals surface area contributed by atoms with E-state index in [0.717, 1.165) is 5.01 Å². The molecule has 25 heavy (non-hydrogen) atoms. The summed E-state index contributed by atoms with van der Waals surface area (Å²) in [5.74, 6) is -1.13. The van der Waals surface area contributed by atoms with Crippen molar-refractivity contribution in [3.63, 3.8) is 0 Å². The summed E-state index contributed by atoms with van der Waals surface area (Å²) in [6.07, 6.45) is -0.280. The molecule has 0 radical (unpaired) electrons. The van der Waals surface area contributed by atoms with E-state index in [2.05, 4.69) is 5.10 Å². The number of aliphatic carboxylic acids is 1. The molecule has 5 N–H and O–H groups in total. The summed E-state index contributed by atoms with van der Waals surface area (Å²) >= 11 is 0. The Morgan fingerprint density at radius 1 is 1.16 bits per heavy atom. The van der Waals surface area contributed by atoms with Crippen LogP contribution in [0.25, 0.3) is 11.1 Å². The molecule has 0 spiro atoms. The number of carbonyl (C=O) groups is 2. The van der Waals surface area contributed by atoms with E-state index in [4.69, 9.17) is 21.3 Å². The Labute approximate surface area is 143 Å². The zero-order valence-corrected chi connectivity index (χ0v) is 13.4. The molecule has 3 rings (SSSR count). The lowest BCUT2D eigenvalue weighted by molar-refractivity contribution is -0.129. The molecule has 8 heteroatoms. The summed E-state index contributed by atoms with van der Waals surface area (Å²) < 4.78 is 5.37. The van der Waals surface area contributed by atoms with E-state index in [9.17, 15) is 9.59 Å². The number of carboxylic acid groups (broad SMARTS) is 1. The normalized spacial score (nSPS) is 13.7. The number of ether oxygens (including phenoxy) is 1. The molecule has 0 bridgehead atoms. The number of hydrogen-bond acceptors (Lipinski definition) is 6. The lowest BCUT2D eigenvalue weighted by atomic mass is 10.0. The summed E-state index contributed by atoms with van der Waals surface area (Å²) in [5.41, 5.74) is 14.0. The van der Waals surface area contributed by atoms with E-state index in [0.29, 0.717) is 33.9 Å². The zero-order valence-electron chi connectivity index (χ0n) is 13.4. The Hall–Kier alpha value is -3.55. The van der Waals surface area contributed by atoms with Gasteiger partial charge in [-0.15, -0.1) is 0 Å². The standard InChI is InChI=1S/C17H16N4O4/c1-25-15-5-3-9(18)6-12(15)11-4-2-10(19)7-14(11)21-16(22)8-13(20-21)17(23)24/h2-7H,8,18-19H2,1H3,(H,23,24). The minimum atomic E-state index is -1.23. The lowest BCUT2D eigenvalue weighted by Crippen LogP contribution is -2.20. The first-order chi connectivity index (χ1) is 11.9. The molecule has 0 fully saturated rings. The molecule has 0 aromatic heterocycles. The van der Waals surface area contributed by atoms with Crippen molar-refractivity contribution in [2.75, 3.05) is 23.6 Å². The third-order valence-corrected chi connectivity index (χ3v) is 3.79. The predicted molar refractivity (Wildman–Crippen MR) is 94.4 cm³/mol. The molecule has 0 atom stereocenters. The van der Waals surface area contributed by atoms with Gasteiger partial charge in [0.15, 0.2) is 5.71 Å². The minimum Gasteiger partial charge on any atom is -0.496 e. The molecule has 0 saturated carbocycles. The van der Waals surface area contributed by atoms with E-state index in [1.165, 1.54) is 7.11 Å². The van der Waals surface area contributed by atoms with Crippen LogP contribution in [0, 0.1) is 0 Å². The van der Waals surface area contributed by atoms with Crippen molar-refractivity contribution in [1.29, 1.82) is 0 Å². The van der Waals surface area contributed by atoms with Crippen LogP contribution < -0.4 is 21.2 Å². The van der Waals surface area contributed by atoms with Crippen molar-refractivity contribution in [2.45, 2.75) is 6.42 Å². The average Bonchev–Trinajstić information content (AvgIpc) is 2.97. The first-order valence-corrected chi connectivity index (χ1v) is 7.38. The van der Waals surface area contributed by atoms with Crippen LogP contribution in [0.5, 0.6) is 5.75 Å². The first-order valence-electron chi connectivity index (χ1n) is 7.38. The Kier molecular flexibility index (Phi) is 4.02. The summed E-state index contributed by atoms with van der Waals surface area (Å²) in [6, 6.07) is 10.1. The Morgan fingerprint density at radius 3 is 2.48 bits per heavy atom. The van der Waals surface area contributed by atoms with E-state index in [1.807, 2.05) is 0 Å². The minimum absolute atomic E-state index is 0.224. The highest BCUT2D eigenvalue weighted by atomic mass is 16.5. The Morgan fingerprint density at radius 2 is 1.84 bits per heavy atom.